The van der Waals surface area contributed by atoms with Gasteiger partial charge in [0.25, 0.3) is 0 Å². The molecule has 4 heterocycles. The fourth-order valence-electron chi connectivity index (χ4n) is 7.83. The molecular weight excluding hydrogens is 1100 g/mol. The zero-order chi connectivity index (χ0) is 60.2. The molecule has 0 spiro atoms. The van der Waals surface area contributed by atoms with Crippen LogP contribution in [0.1, 0.15) is 369 Å². The van der Waals surface area contributed by atoms with Gasteiger partial charge in [-0.15, -0.1) is 0 Å². The zero-order valence-corrected chi connectivity index (χ0v) is 65.6. The summed E-state index contributed by atoms with van der Waals surface area (Å²) in [6.07, 6.45) is 8.68. The van der Waals surface area contributed by atoms with Crippen molar-refractivity contribution in [2.24, 2.45) is 0 Å². The van der Waals surface area contributed by atoms with Crippen LogP contribution >= 0.6 is 0 Å². The molecule has 440 valence electrons. The maximum absolute atomic E-state index is 4.93. The maximum Gasteiger partial charge on any atom is 2.00 e. The van der Waals surface area contributed by atoms with E-state index in [0.717, 1.165) is 74.7 Å². The Morgan fingerprint density at radius 1 is 0.218 bits per heavy atom. The normalized spacial score (nSPS) is 13.6. The van der Waals surface area contributed by atoms with Crippen molar-refractivity contribution < 1.29 is 0 Å². The van der Waals surface area contributed by atoms with Gasteiger partial charge in [0.1, 0.15) is 0 Å². The van der Waals surface area contributed by atoms with Crippen LogP contribution in [0.25, 0.3) is 0 Å². The molecule has 0 amide bonds. The third kappa shape index (κ3) is 20.5. The van der Waals surface area contributed by atoms with Crippen molar-refractivity contribution in [1.29, 1.82) is 0 Å². The van der Waals surface area contributed by atoms with Gasteiger partial charge in [0.2, 0.25) is 0 Å². The Labute approximate surface area is 559 Å². The van der Waals surface area contributed by atoms with Crippen molar-refractivity contribution in [1.82, 2.24) is 39.9 Å². The summed E-state index contributed by atoms with van der Waals surface area (Å²) in [4.78, 5) is 39.4. The van der Waals surface area contributed by atoms with Crippen LogP contribution in [0.4, 0.5) is 0 Å². The van der Waals surface area contributed by atoms with Crippen LogP contribution in [0.2, 0.25) is 0 Å². The third-order valence-corrected chi connectivity index (χ3v) is 17.5. The number of nitrogens with zero attached hydrogens (tertiary/aromatic N) is 8. The van der Waals surface area contributed by atoms with Gasteiger partial charge < -0.3 is 39.9 Å². The Bertz CT molecular complexity index is 1940. The number of aromatic nitrogens is 8. The van der Waals surface area contributed by atoms with Gasteiger partial charge in [0.05, 0.1) is 0 Å². The van der Waals surface area contributed by atoms with Gasteiger partial charge in [-0.05, 0) is 116 Å². The van der Waals surface area contributed by atoms with Gasteiger partial charge in [-0.1, -0.05) is 318 Å². The van der Waals surface area contributed by atoms with E-state index in [1.165, 1.54) is 45.6 Å². The third-order valence-electron chi connectivity index (χ3n) is 17.5. The van der Waals surface area contributed by atoms with E-state index in [1.54, 1.807) is 0 Å². The quantitative estimate of drug-likeness (QED) is 0.102. The van der Waals surface area contributed by atoms with Crippen LogP contribution in [-0.4, -0.2) is 111 Å². The maximum atomic E-state index is 4.93. The Morgan fingerprint density at radius 2 is 0.333 bits per heavy atom. The smallest absolute Gasteiger partial charge is 0.442 e. The first kappa shape index (κ1) is 79.9. The molecule has 0 aromatic carbocycles. The standard InChI is InChI=1S/4C17H31N2.2Sr/c4*1-10-16(6,7)12-13(17(8,9)11-2)19-14(18-12)15(3,4)5;;/h4*10-11H2,1-9H3;;/q4*-1;2*+2. The van der Waals surface area contributed by atoms with E-state index in [1.807, 2.05) is 0 Å². The summed E-state index contributed by atoms with van der Waals surface area (Å²) in [6.45, 7) is 80.5. The molecule has 0 aliphatic carbocycles. The second kappa shape index (κ2) is 28.8. The molecule has 0 saturated heterocycles. The van der Waals surface area contributed by atoms with Crippen LogP contribution < -0.4 is 19.9 Å². The molecule has 0 unspecified atom stereocenters. The molecule has 0 saturated carbocycles. The van der Waals surface area contributed by atoms with Crippen molar-refractivity contribution in [3.8, 4) is 0 Å². The molecule has 8 nitrogen and oxygen atoms in total. The van der Waals surface area contributed by atoms with Gasteiger partial charge >= 0.3 is 91.0 Å². The molecular formula is C68H124N8Sr2. The van der Waals surface area contributed by atoms with E-state index in [2.05, 4.69) is 249 Å². The summed E-state index contributed by atoms with van der Waals surface area (Å²) >= 11 is 0. The molecule has 0 N–H and O–H groups in total. The van der Waals surface area contributed by atoms with E-state index in [-0.39, 0.29) is 156 Å². The molecule has 4 aromatic heterocycles. The van der Waals surface area contributed by atoms with Gasteiger partial charge in [-0.2, -0.15) is 0 Å². The van der Waals surface area contributed by atoms with Crippen LogP contribution in [0, 0.1) is 0 Å². The molecule has 4 rings (SSSR count). The molecule has 10 heteroatoms. The van der Waals surface area contributed by atoms with Crippen LogP contribution in [-0.2, 0) is 65.0 Å². The van der Waals surface area contributed by atoms with Crippen LogP contribution in [0.15, 0.2) is 0 Å². The van der Waals surface area contributed by atoms with Crippen molar-refractivity contribution in [3.63, 3.8) is 0 Å². The summed E-state index contributed by atoms with van der Waals surface area (Å²) < 4.78 is 0. The average Bonchev–Trinajstić information content (AvgIpc) is 4.14. The first-order valence-corrected chi connectivity index (χ1v) is 30.1. The summed E-state index contributed by atoms with van der Waals surface area (Å²) in [6, 6.07) is 0. The van der Waals surface area contributed by atoms with E-state index < -0.39 is 0 Å². The number of rotatable bonds is 16. The van der Waals surface area contributed by atoms with Crippen LogP contribution in [0.5, 0.6) is 0 Å². The number of imidazole rings is 4. The summed E-state index contributed by atoms with van der Waals surface area (Å²) in [5.41, 5.74) is 10.4. The van der Waals surface area contributed by atoms with Crippen molar-refractivity contribution in [3.05, 3.63) is 68.8 Å². The summed E-state index contributed by atoms with van der Waals surface area (Å²) in [5.74, 6) is 3.95. The van der Waals surface area contributed by atoms with Crippen molar-refractivity contribution in [2.75, 3.05) is 0 Å². The molecule has 0 aliphatic heterocycles. The number of hydrogen-bond acceptors (Lipinski definition) is 4. The minimum Gasteiger partial charge on any atom is -0.442 e. The predicted molar refractivity (Wildman–Crippen MR) is 343 cm³/mol. The second-order valence-corrected chi connectivity index (χ2v) is 31.9. The molecule has 0 radical (unpaired) electrons. The molecule has 0 fully saturated rings. The Hall–Kier alpha value is -0.199. The van der Waals surface area contributed by atoms with E-state index in [4.69, 9.17) is 39.9 Å². The molecule has 0 atom stereocenters. The summed E-state index contributed by atoms with van der Waals surface area (Å²) in [5, 5.41) is 0. The van der Waals surface area contributed by atoms with Crippen molar-refractivity contribution in [2.45, 2.75) is 366 Å². The average molecular weight is 1230 g/mol. The van der Waals surface area contributed by atoms with E-state index in [0.29, 0.717) is 0 Å². The summed E-state index contributed by atoms with van der Waals surface area (Å²) in [7, 11) is 0. The molecule has 0 bridgehead atoms. The SMILES string of the molecule is CCC(C)(C)c1nc(C(C)(C)C)[n-]c1C(C)(C)CC.CCC(C)(C)c1nc(C(C)(C)C)[n-]c1C(C)(C)CC.CCC(C)(C)c1nc(C(C)(C)C)[n-]c1C(C)(C)CC.CCC(C)(C)c1nc(C(C)(C)C)[n-]c1C(C)(C)CC.[Sr+2].[Sr+2]. The Balaban J connectivity index is 0. The minimum atomic E-state index is 0. The number of hydrogen-bond donors (Lipinski definition) is 0. The van der Waals surface area contributed by atoms with Gasteiger partial charge in [0, 0.05) is 0 Å². The molecule has 78 heavy (non-hydrogen) atoms. The van der Waals surface area contributed by atoms with Gasteiger partial charge in [-0.3, -0.25) is 0 Å². The Kier molecular flexibility index (Phi) is 29.5. The largest absolute Gasteiger partial charge is 2.00 e. The minimum absolute atomic E-state index is 0. The zero-order valence-electron chi connectivity index (χ0n) is 58.6. The van der Waals surface area contributed by atoms with Gasteiger partial charge in [0.15, 0.2) is 0 Å². The van der Waals surface area contributed by atoms with Gasteiger partial charge in [-0.25, -0.2) is 0 Å². The van der Waals surface area contributed by atoms with Crippen molar-refractivity contribution >= 4 is 91.0 Å². The first-order valence-electron chi connectivity index (χ1n) is 30.1. The topological polar surface area (TPSA) is 108 Å². The monoisotopic (exact) mass is 1230 g/mol. The fourth-order valence-corrected chi connectivity index (χ4v) is 7.83. The molecule has 0 aliphatic rings. The molecule has 4 aromatic rings. The van der Waals surface area contributed by atoms with Crippen LogP contribution in [0.3, 0.4) is 0 Å². The predicted octanol–water partition coefficient (Wildman–Crippen LogP) is 18.1. The van der Waals surface area contributed by atoms with E-state index in [9.17, 15) is 0 Å². The van der Waals surface area contributed by atoms with E-state index >= 15 is 0 Å². The second-order valence-electron chi connectivity index (χ2n) is 31.9. The fraction of sp³-hybridized carbons (Fsp3) is 0.824. The Morgan fingerprint density at radius 3 is 0.423 bits per heavy atom. The first-order chi connectivity index (χ1) is 33.8.